The lowest BCUT2D eigenvalue weighted by atomic mass is 9.94. The first-order valence-corrected chi connectivity index (χ1v) is 12.8. The molecule has 0 saturated carbocycles. The van der Waals surface area contributed by atoms with E-state index in [0.717, 1.165) is 24.1 Å². The van der Waals surface area contributed by atoms with Gasteiger partial charge < -0.3 is 9.84 Å². The van der Waals surface area contributed by atoms with Crippen LogP contribution in [0.15, 0.2) is 52.1 Å². The van der Waals surface area contributed by atoms with Crippen LogP contribution in [0.4, 0.5) is 0 Å². The number of nitrogens with zero attached hydrogens (tertiary/aromatic N) is 3. The molecule has 33 heavy (non-hydrogen) atoms. The Morgan fingerprint density at radius 1 is 1.30 bits per heavy atom. The summed E-state index contributed by atoms with van der Waals surface area (Å²) < 4.78 is 36.6. The van der Waals surface area contributed by atoms with E-state index in [9.17, 15) is 13.2 Å². The van der Waals surface area contributed by atoms with Crippen molar-refractivity contribution in [1.82, 2.24) is 19.5 Å². The molecule has 0 aliphatic heterocycles. The van der Waals surface area contributed by atoms with Crippen molar-refractivity contribution in [3.63, 3.8) is 0 Å². The van der Waals surface area contributed by atoms with Gasteiger partial charge in [-0.15, -0.1) is 0 Å². The molecule has 174 valence electrons. The zero-order valence-electron chi connectivity index (χ0n) is 17.2. The number of nitrogens with one attached hydrogen (secondary N) is 1. The summed E-state index contributed by atoms with van der Waals surface area (Å²) in [7, 11) is -3.88. The van der Waals surface area contributed by atoms with Crippen molar-refractivity contribution in [2.45, 2.75) is 43.2 Å². The molecule has 0 radical (unpaired) electrons. The van der Waals surface area contributed by atoms with Crippen molar-refractivity contribution < 1.29 is 23.1 Å². The zero-order valence-corrected chi connectivity index (χ0v) is 20.4. The molecule has 0 amide bonds. The van der Waals surface area contributed by atoms with Crippen LogP contribution in [0.5, 0.6) is 11.6 Å². The predicted octanol–water partition coefficient (Wildman–Crippen LogP) is 4.32. The van der Waals surface area contributed by atoms with Gasteiger partial charge in [0, 0.05) is 16.3 Å². The number of sulfonamides is 1. The minimum atomic E-state index is -3.88. The number of pyridine rings is 1. The van der Waals surface area contributed by atoms with Gasteiger partial charge in [0.25, 0.3) is 0 Å². The maximum atomic E-state index is 13.1. The quantitative estimate of drug-likeness (QED) is 0.424. The summed E-state index contributed by atoms with van der Waals surface area (Å²) >= 11 is 9.20. The second kappa shape index (κ2) is 9.80. The van der Waals surface area contributed by atoms with Gasteiger partial charge in [-0.25, -0.2) is 18.1 Å². The van der Waals surface area contributed by atoms with E-state index in [4.69, 9.17) is 21.4 Å². The highest BCUT2D eigenvalue weighted by Crippen LogP contribution is 2.33. The highest BCUT2D eigenvalue weighted by Gasteiger charge is 2.29. The van der Waals surface area contributed by atoms with Gasteiger partial charge in [0.1, 0.15) is 10.6 Å². The Morgan fingerprint density at radius 3 is 2.76 bits per heavy atom. The first-order chi connectivity index (χ1) is 15.7. The van der Waals surface area contributed by atoms with E-state index < -0.39 is 22.0 Å². The smallest absolute Gasteiger partial charge is 0.305 e. The summed E-state index contributed by atoms with van der Waals surface area (Å²) in [5.74, 6) is -0.180. The first kappa shape index (κ1) is 23.7. The number of aliphatic carboxylic acids is 1. The molecule has 12 heteroatoms. The number of carboxylic acid groups (broad SMARTS) is 1. The number of hydrogen-bond donors (Lipinski definition) is 2. The van der Waals surface area contributed by atoms with Crippen LogP contribution in [0.3, 0.4) is 0 Å². The number of ether oxygens (including phenoxy) is 1. The molecule has 0 unspecified atom stereocenters. The average Bonchev–Trinajstić information content (AvgIpc) is 3.19. The highest BCUT2D eigenvalue weighted by molar-refractivity contribution is 9.10. The summed E-state index contributed by atoms with van der Waals surface area (Å²) in [6.45, 7) is 0.246. The fraction of sp³-hybridized carbons (Fsp3) is 0.286. The molecule has 1 aliphatic rings. The third-order valence-corrected chi connectivity index (χ3v) is 7.48. The standard InChI is InChI=1S/C21H20BrClN4O5S/c22-17-10-15(11-24-21(17)32-14-6-4-13(23)5-7-14)33(30,31)26-18-2-1-3-19-16(18)12-25-27(19)9-8-20(28)29/h4-7,10-12,18,26H,1-3,8-9H2,(H,28,29)/t18-/m1/s1. The number of hydrogen-bond acceptors (Lipinski definition) is 6. The Hall–Kier alpha value is -2.47. The summed E-state index contributed by atoms with van der Waals surface area (Å²) in [5, 5.41) is 13.8. The molecule has 0 spiro atoms. The number of rotatable bonds is 8. The number of carbonyl (C=O) groups is 1. The van der Waals surface area contributed by atoms with Gasteiger partial charge in [-0.1, -0.05) is 11.6 Å². The van der Waals surface area contributed by atoms with E-state index in [-0.39, 0.29) is 23.7 Å². The topological polar surface area (TPSA) is 123 Å². The normalized spacial score (nSPS) is 15.8. The minimum absolute atomic E-state index is 0.0109. The van der Waals surface area contributed by atoms with Crippen LogP contribution in [-0.2, 0) is 27.8 Å². The minimum Gasteiger partial charge on any atom is -0.481 e. The second-order valence-electron chi connectivity index (χ2n) is 7.49. The molecular formula is C21H20BrClN4O5S. The fourth-order valence-corrected chi connectivity index (χ4v) is 5.56. The molecule has 9 nitrogen and oxygen atoms in total. The van der Waals surface area contributed by atoms with E-state index in [2.05, 4.69) is 30.7 Å². The summed E-state index contributed by atoms with van der Waals surface area (Å²) in [5.41, 5.74) is 1.63. The Balaban J connectivity index is 1.51. The van der Waals surface area contributed by atoms with Gasteiger partial charge in [0.05, 0.1) is 35.9 Å². The predicted molar refractivity (Wildman–Crippen MR) is 124 cm³/mol. The SMILES string of the molecule is O=C(O)CCn1ncc2c1CCC[C@H]2NS(=O)(=O)c1cnc(Oc2ccc(Cl)cc2)c(Br)c1. The van der Waals surface area contributed by atoms with Crippen molar-refractivity contribution in [3.8, 4) is 11.6 Å². The Labute approximate surface area is 203 Å². The Bertz CT molecular complexity index is 1280. The maximum absolute atomic E-state index is 13.1. The Kier molecular flexibility index (Phi) is 7.03. The number of halogens is 2. The molecular weight excluding hydrogens is 536 g/mol. The molecule has 2 N–H and O–H groups in total. The second-order valence-corrected chi connectivity index (χ2v) is 10.5. The molecule has 2 heterocycles. The van der Waals surface area contributed by atoms with Gasteiger partial charge in [-0.05, 0) is 65.5 Å². The van der Waals surface area contributed by atoms with Crippen molar-refractivity contribution >= 4 is 43.5 Å². The lowest BCUT2D eigenvalue weighted by Crippen LogP contribution is -2.31. The zero-order chi connectivity index (χ0) is 23.6. The van der Waals surface area contributed by atoms with Crippen molar-refractivity contribution in [1.29, 1.82) is 0 Å². The molecule has 1 atom stereocenters. The monoisotopic (exact) mass is 554 g/mol. The van der Waals surface area contributed by atoms with Gasteiger partial charge in [-0.3, -0.25) is 9.48 Å². The third-order valence-electron chi connectivity index (χ3n) is 5.22. The number of fused-ring (bicyclic) bond motifs is 1. The van der Waals surface area contributed by atoms with Gasteiger partial charge in [-0.2, -0.15) is 5.10 Å². The summed E-state index contributed by atoms with van der Waals surface area (Å²) in [4.78, 5) is 15.0. The molecule has 0 saturated heterocycles. The van der Waals surface area contributed by atoms with E-state index in [0.29, 0.717) is 21.7 Å². The first-order valence-electron chi connectivity index (χ1n) is 10.1. The largest absolute Gasteiger partial charge is 0.481 e. The third kappa shape index (κ3) is 5.55. The molecule has 3 aromatic rings. The van der Waals surface area contributed by atoms with E-state index in [1.54, 1.807) is 35.1 Å². The van der Waals surface area contributed by atoms with Crippen molar-refractivity contribution in [2.24, 2.45) is 0 Å². The molecule has 1 aliphatic carbocycles. The number of carboxylic acids is 1. The lowest BCUT2D eigenvalue weighted by molar-refractivity contribution is -0.137. The van der Waals surface area contributed by atoms with Crippen LogP contribution in [0.2, 0.25) is 5.02 Å². The molecule has 4 rings (SSSR count). The molecule has 0 fully saturated rings. The van der Waals surface area contributed by atoms with Crippen LogP contribution in [-0.4, -0.2) is 34.3 Å². The number of benzene rings is 1. The van der Waals surface area contributed by atoms with E-state index in [1.807, 2.05) is 0 Å². The van der Waals surface area contributed by atoms with Crippen molar-refractivity contribution in [3.05, 3.63) is 63.5 Å². The number of aryl methyl sites for hydroxylation is 1. The van der Waals surface area contributed by atoms with Gasteiger partial charge in [0.15, 0.2) is 0 Å². The van der Waals surface area contributed by atoms with Crippen LogP contribution in [0, 0.1) is 0 Å². The van der Waals surface area contributed by atoms with Crippen molar-refractivity contribution in [2.75, 3.05) is 0 Å². The van der Waals surface area contributed by atoms with Gasteiger partial charge >= 0.3 is 5.97 Å². The number of aromatic nitrogens is 3. The summed E-state index contributed by atoms with van der Waals surface area (Å²) in [6.07, 6.45) is 4.89. The molecule has 2 aromatic heterocycles. The van der Waals surface area contributed by atoms with Crippen LogP contribution in [0.25, 0.3) is 0 Å². The summed E-state index contributed by atoms with van der Waals surface area (Å²) in [6, 6.07) is 7.69. The lowest BCUT2D eigenvalue weighted by Gasteiger charge is -2.24. The maximum Gasteiger partial charge on any atom is 0.305 e. The Morgan fingerprint density at radius 2 is 2.06 bits per heavy atom. The molecule has 1 aromatic carbocycles. The van der Waals surface area contributed by atoms with Crippen LogP contribution >= 0.6 is 27.5 Å². The van der Waals surface area contributed by atoms with Gasteiger partial charge in [0.2, 0.25) is 15.9 Å². The fourth-order valence-electron chi connectivity index (χ4n) is 3.63. The molecule has 0 bridgehead atoms. The van der Waals surface area contributed by atoms with E-state index >= 15 is 0 Å². The van der Waals surface area contributed by atoms with E-state index in [1.165, 1.54) is 12.3 Å². The highest BCUT2D eigenvalue weighted by atomic mass is 79.9. The average molecular weight is 556 g/mol. The van der Waals surface area contributed by atoms with Crippen LogP contribution < -0.4 is 9.46 Å². The van der Waals surface area contributed by atoms with Crippen LogP contribution in [0.1, 0.15) is 36.6 Å².